The van der Waals surface area contributed by atoms with Gasteiger partial charge in [-0.15, -0.1) is 0 Å². The van der Waals surface area contributed by atoms with Crippen LogP contribution in [0.25, 0.3) is 0 Å². The first-order chi connectivity index (χ1) is 8.97. The Morgan fingerprint density at radius 3 is 2.68 bits per heavy atom. The van der Waals surface area contributed by atoms with Gasteiger partial charge in [0, 0.05) is 16.7 Å². The van der Waals surface area contributed by atoms with Crippen molar-refractivity contribution >= 4 is 21.9 Å². The molecule has 0 saturated carbocycles. The normalized spacial score (nSPS) is 10.4. The maximum Gasteiger partial charge on any atom is 0.337 e. The van der Waals surface area contributed by atoms with Crippen molar-refractivity contribution in [3.63, 3.8) is 0 Å². The highest BCUT2D eigenvalue weighted by Gasteiger charge is 2.07. The predicted octanol–water partition coefficient (Wildman–Crippen LogP) is 2.50. The van der Waals surface area contributed by atoms with E-state index in [-0.39, 0.29) is 23.5 Å². The van der Waals surface area contributed by atoms with Crippen LogP contribution in [0.15, 0.2) is 45.8 Å². The lowest BCUT2D eigenvalue weighted by Gasteiger charge is -2.08. The van der Waals surface area contributed by atoms with Gasteiger partial charge in [-0.1, -0.05) is 22.0 Å². The van der Waals surface area contributed by atoms with Gasteiger partial charge in [-0.2, -0.15) is 0 Å². The second-order valence-electron chi connectivity index (χ2n) is 3.92. The quantitative estimate of drug-likeness (QED) is 0.943. The van der Waals surface area contributed by atoms with E-state index < -0.39 is 5.97 Å². The third kappa shape index (κ3) is 3.08. The van der Waals surface area contributed by atoms with Crippen molar-refractivity contribution in [3.8, 4) is 0 Å². The Kier molecular flexibility index (Phi) is 3.80. The van der Waals surface area contributed by atoms with Crippen LogP contribution in [-0.2, 0) is 6.54 Å². The molecule has 98 valence electrons. The van der Waals surface area contributed by atoms with E-state index in [1.807, 2.05) is 0 Å². The molecular weight excluding hydrogens is 317 g/mol. The molecule has 0 unspecified atom stereocenters. The first kappa shape index (κ1) is 13.5. The van der Waals surface area contributed by atoms with E-state index in [0.717, 1.165) is 0 Å². The number of aromatic nitrogens is 1. The lowest BCUT2D eigenvalue weighted by molar-refractivity contribution is 0.0696. The Morgan fingerprint density at radius 1 is 1.32 bits per heavy atom. The van der Waals surface area contributed by atoms with E-state index in [1.165, 1.54) is 35.0 Å². The molecule has 1 N–H and O–H groups in total. The fourth-order valence-corrected chi connectivity index (χ4v) is 2.09. The molecule has 2 rings (SSSR count). The Bertz CT molecular complexity index is 697. The zero-order chi connectivity index (χ0) is 14.0. The molecule has 1 heterocycles. The molecule has 1 aromatic heterocycles. The topological polar surface area (TPSA) is 59.3 Å². The standard InChI is InChI=1S/C13H9BrFNO3/c14-11-5-10(15)3-1-8(11)6-16-7-9(13(18)19)2-4-12(16)17/h1-5,7H,6H2,(H,18,19). The summed E-state index contributed by atoms with van der Waals surface area (Å²) in [6.45, 7) is 0.167. The van der Waals surface area contributed by atoms with Gasteiger partial charge in [0.25, 0.3) is 5.56 Å². The van der Waals surface area contributed by atoms with Gasteiger partial charge in [-0.05, 0) is 23.8 Å². The molecule has 0 aliphatic carbocycles. The van der Waals surface area contributed by atoms with Crippen LogP contribution in [0.2, 0.25) is 0 Å². The molecule has 2 aromatic rings. The van der Waals surface area contributed by atoms with Crippen molar-refractivity contribution in [1.29, 1.82) is 0 Å². The first-order valence-corrected chi connectivity index (χ1v) is 6.14. The minimum absolute atomic E-state index is 0.0258. The summed E-state index contributed by atoms with van der Waals surface area (Å²) in [6, 6.07) is 6.56. The summed E-state index contributed by atoms with van der Waals surface area (Å²) in [5.41, 5.74) is 0.394. The van der Waals surface area contributed by atoms with Crippen molar-refractivity contribution in [2.75, 3.05) is 0 Å². The molecule has 0 saturated heterocycles. The van der Waals surface area contributed by atoms with Crippen LogP contribution in [0.4, 0.5) is 4.39 Å². The number of carboxylic acids is 1. The minimum atomic E-state index is -1.10. The van der Waals surface area contributed by atoms with E-state index in [2.05, 4.69) is 15.9 Å². The molecule has 0 amide bonds. The van der Waals surface area contributed by atoms with Crippen LogP contribution < -0.4 is 5.56 Å². The number of pyridine rings is 1. The van der Waals surface area contributed by atoms with E-state index in [0.29, 0.717) is 10.0 Å². The molecule has 19 heavy (non-hydrogen) atoms. The van der Waals surface area contributed by atoms with Gasteiger partial charge in [0.2, 0.25) is 0 Å². The molecule has 0 fully saturated rings. The molecule has 0 atom stereocenters. The maximum atomic E-state index is 13.0. The number of hydrogen-bond donors (Lipinski definition) is 1. The second kappa shape index (κ2) is 5.36. The van der Waals surface area contributed by atoms with E-state index in [4.69, 9.17) is 5.11 Å². The Hall–Kier alpha value is -1.95. The highest BCUT2D eigenvalue weighted by Crippen LogP contribution is 2.18. The smallest absolute Gasteiger partial charge is 0.337 e. The van der Waals surface area contributed by atoms with Crippen LogP contribution >= 0.6 is 15.9 Å². The van der Waals surface area contributed by atoms with Gasteiger partial charge < -0.3 is 9.67 Å². The van der Waals surface area contributed by atoms with Gasteiger partial charge in [-0.25, -0.2) is 9.18 Å². The lowest BCUT2D eigenvalue weighted by Crippen LogP contribution is -2.20. The molecule has 0 radical (unpaired) electrons. The predicted molar refractivity (Wildman–Crippen MR) is 70.9 cm³/mol. The van der Waals surface area contributed by atoms with Crippen molar-refractivity contribution in [2.45, 2.75) is 6.54 Å². The number of halogens is 2. The van der Waals surface area contributed by atoms with Crippen LogP contribution in [-0.4, -0.2) is 15.6 Å². The fraction of sp³-hybridized carbons (Fsp3) is 0.0769. The average molecular weight is 326 g/mol. The highest BCUT2D eigenvalue weighted by atomic mass is 79.9. The number of benzene rings is 1. The van der Waals surface area contributed by atoms with Crippen LogP contribution in [0, 0.1) is 5.82 Å². The summed E-state index contributed by atoms with van der Waals surface area (Å²) in [7, 11) is 0. The van der Waals surface area contributed by atoms with Crippen molar-refractivity contribution in [2.24, 2.45) is 0 Å². The molecule has 0 spiro atoms. The third-order valence-electron chi connectivity index (χ3n) is 2.59. The fourth-order valence-electron chi connectivity index (χ4n) is 1.61. The maximum absolute atomic E-state index is 13.0. The molecule has 6 heteroatoms. The molecule has 0 bridgehead atoms. The lowest BCUT2D eigenvalue weighted by atomic mass is 10.2. The minimum Gasteiger partial charge on any atom is -0.478 e. The average Bonchev–Trinajstić information content (AvgIpc) is 2.34. The van der Waals surface area contributed by atoms with Crippen molar-refractivity contribution in [3.05, 3.63) is 68.3 Å². The van der Waals surface area contributed by atoms with Crippen molar-refractivity contribution < 1.29 is 14.3 Å². The van der Waals surface area contributed by atoms with Crippen molar-refractivity contribution in [1.82, 2.24) is 4.57 Å². The monoisotopic (exact) mass is 325 g/mol. The first-order valence-electron chi connectivity index (χ1n) is 5.35. The molecule has 0 aliphatic heterocycles. The number of carbonyl (C=O) groups is 1. The highest BCUT2D eigenvalue weighted by molar-refractivity contribution is 9.10. The number of aromatic carboxylic acids is 1. The van der Waals surface area contributed by atoms with Gasteiger partial charge in [0.05, 0.1) is 12.1 Å². The van der Waals surface area contributed by atoms with E-state index in [9.17, 15) is 14.0 Å². The summed E-state index contributed by atoms with van der Waals surface area (Å²) >= 11 is 3.20. The Morgan fingerprint density at radius 2 is 2.05 bits per heavy atom. The third-order valence-corrected chi connectivity index (χ3v) is 3.32. The summed E-state index contributed by atoms with van der Waals surface area (Å²) < 4.78 is 14.8. The molecule has 4 nitrogen and oxygen atoms in total. The summed E-state index contributed by atoms with van der Waals surface area (Å²) in [6.07, 6.45) is 1.26. The van der Waals surface area contributed by atoms with Crippen LogP contribution in [0.1, 0.15) is 15.9 Å². The number of hydrogen-bond acceptors (Lipinski definition) is 2. The summed E-state index contributed by atoms with van der Waals surface area (Å²) in [5.74, 6) is -1.49. The second-order valence-corrected chi connectivity index (χ2v) is 4.78. The Balaban J connectivity index is 2.40. The van der Waals surface area contributed by atoms with Gasteiger partial charge in [-0.3, -0.25) is 4.79 Å². The number of nitrogens with zero attached hydrogens (tertiary/aromatic N) is 1. The zero-order valence-corrected chi connectivity index (χ0v) is 11.2. The van der Waals surface area contributed by atoms with Gasteiger partial charge >= 0.3 is 5.97 Å². The number of carboxylic acid groups (broad SMARTS) is 1. The largest absolute Gasteiger partial charge is 0.478 e. The SMILES string of the molecule is O=C(O)c1ccc(=O)n(Cc2ccc(F)cc2Br)c1. The zero-order valence-electron chi connectivity index (χ0n) is 9.64. The van der Waals surface area contributed by atoms with Crippen LogP contribution in [0.5, 0.6) is 0 Å². The van der Waals surface area contributed by atoms with Gasteiger partial charge in [0.15, 0.2) is 0 Å². The van der Waals surface area contributed by atoms with E-state index in [1.54, 1.807) is 6.07 Å². The molecular formula is C13H9BrFNO3. The van der Waals surface area contributed by atoms with Crippen LogP contribution in [0.3, 0.4) is 0 Å². The number of rotatable bonds is 3. The van der Waals surface area contributed by atoms with Gasteiger partial charge in [0.1, 0.15) is 5.82 Å². The van der Waals surface area contributed by atoms with E-state index >= 15 is 0 Å². The Labute approximate surface area is 116 Å². The molecule has 0 aliphatic rings. The summed E-state index contributed by atoms with van der Waals surface area (Å²) in [4.78, 5) is 22.5. The summed E-state index contributed by atoms with van der Waals surface area (Å²) in [5, 5.41) is 8.88. The molecule has 1 aromatic carbocycles.